The van der Waals surface area contributed by atoms with Gasteiger partial charge in [0.05, 0.1) is 12.1 Å². The van der Waals surface area contributed by atoms with Crippen LogP contribution in [0.1, 0.15) is 29.6 Å². The number of aliphatic hydroxyl groups excluding tert-OH is 1. The second kappa shape index (κ2) is 2.34. The molecule has 3 rings (SSSR count). The lowest BCUT2D eigenvalue weighted by Crippen LogP contribution is -2.19. The Labute approximate surface area is 77.8 Å². The minimum Gasteiger partial charge on any atom is -0.391 e. The Morgan fingerprint density at radius 1 is 1.31 bits per heavy atom. The van der Waals surface area contributed by atoms with Crippen molar-refractivity contribution in [3.8, 4) is 0 Å². The van der Waals surface area contributed by atoms with Crippen LogP contribution in [0.15, 0.2) is 24.3 Å². The summed E-state index contributed by atoms with van der Waals surface area (Å²) in [6.07, 6.45) is 0.739. The molecule has 2 aliphatic heterocycles. The van der Waals surface area contributed by atoms with Gasteiger partial charge in [0, 0.05) is 6.04 Å². The fraction of sp³-hybridized carbons (Fsp3) is 0.455. The third-order valence-corrected chi connectivity index (χ3v) is 3.43. The van der Waals surface area contributed by atoms with E-state index in [0.29, 0.717) is 6.04 Å². The van der Waals surface area contributed by atoms with Gasteiger partial charge in [-0.05, 0) is 24.6 Å². The van der Waals surface area contributed by atoms with Crippen LogP contribution in [0.3, 0.4) is 0 Å². The highest BCUT2D eigenvalue weighted by molar-refractivity contribution is 5.41. The van der Waals surface area contributed by atoms with E-state index in [0.717, 1.165) is 6.42 Å². The molecule has 2 heterocycles. The van der Waals surface area contributed by atoms with Crippen LogP contribution in [-0.4, -0.2) is 23.2 Å². The van der Waals surface area contributed by atoms with E-state index in [1.807, 2.05) is 0 Å². The topological polar surface area (TPSA) is 23.5 Å². The Kier molecular flexibility index (Phi) is 1.35. The maximum Gasteiger partial charge on any atom is 0.0755 e. The molecule has 2 bridgehead atoms. The van der Waals surface area contributed by atoms with Crippen LogP contribution in [0.25, 0.3) is 0 Å². The number of rotatable bonds is 0. The Balaban J connectivity index is 2.18. The van der Waals surface area contributed by atoms with Gasteiger partial charge < -0.3 is 5.11 Å². The normalized spacial score (nSPS) is 36.6. The molecule has 0 unspecified atom stereocenters. The average Bonchev–Trinajstić information content (AvgIpc) is 2.56. The second-order valence-electron chi connectivity index (χ2n) is 4.06. The summed E-state index contributed by atoms with van der Waals surface area (Å²) in [5, 5.41) is 9.79. The van der Waals surface area contributed by atoms with Crippen LogP contribution in [0, 0.1) is 0 Å². The van der Waals surface area contributed by atoms with E-state index in [1.54, 1.807) is 0 Å². The van der Waals surface area contributed by atoms with Gasteiger partial charge in [-0.15, -0.1) is 0 Å². The van der Waals surface area contributed by atoms with Gasteiger partial charge in [0.2, 0.25) is 0 Å². The first-order valence-electron chi connectivity index (χ1n) is 4.78. The van der Waals surface area contributed by atoms with E-state index in [-0.39, 0.29) is 12.1 Å². The molecule has 1 N–H and O–H groups in total. The molecule has 0 aliphatic carbocycles. The predicted octanol–water partition coefficient (Wildman–Crippen LogP) is 1.48. The van der Waals surface area contributed by atoms with E-state index in [2.05, 4.69) is 36.2 Å². The molecule has 0 saturated carbocycles. The molecule has 0 aromatic heterocycles. The minimum absolute atomic E-state index is 0.162. The zero-order chi connectivity index (χ0) is 9.00. The van der Waals surface area contributed by atoms with Gasteiger partial charge in [0.1, 0.15) is 0 Å². The lowest BCUT2D eigenvalue weighted by molar-refractivity contribution is 0.130. The summed E-state index contributed by atoms with van der Waals surface area (Å²) in [6, 6.07) is 9.17. The molecule has 0 spiro atoms. The molecule has 1 fully saturated rings. The van der Waals surface area contributed by atoms with Gasteiger partial charge in [-0.2, -0.15) is 0 Å². The summed E-state index contributed by atoms with van der Waals surface area (Å²) in [6.45, 7) is 0. The first kappa shape index (κ1) is 7.54. The van der Waals surface area contributed by atoms with Crippen molar-refractivity contribution in [2.75, 3.05) is 7.05 Å². The molecular formula is C11H13NO. The van der Waals surface area contributed by atoms with Crippen molar-refractivity contribution in [1.29, 1.82) is 0 Å². The van der Waals surface area contributed by atoms with Gasteiger partial charge in [-0.3, -0.25) is 4.90 Å². The summed E-state index contributed by atoms with van der Waals surface area (Å²) in [4.78, 5) is 2.29. The lowest BCUT2D eigenvalue weighted by atomic mass is 9.90. The zero-order valence-electron chi connectivity index (χ0n) is 7.64. The predicted molar refractivity (Wildman–Crippen MR) is 50.3 cm³/mol. The maximum absolute atomic E-state index is 9.79. The van der Waals surface area contributed by atoms with E-state index in [9.17, 15) is 5.11 Å². The summed E-state index contributed by atoms with van der Waals surface area (Å²) in [5.41, 5.74) is 2.74. The monoisotopic (exact) mass is 175 g/mol. The number of nitrogens with zero attached hydrogens (tertiary/aromatic N) is 1. The number of likely N-dealkylation sites (N-methyl/N-ethyl adjacent to an activating group) is 1. The Morgan fingerprint density at radius 3 is 2.77 bits per heavy atom. The molecular weight excluding hydrogens is 162 g/mol. The van der Waals surface area contributed by atoms with Crippen LogP contribution in [-0.2, 0) is 0 Å². The lowest BCUT2D eigenvalue weighted by Gasteiger charge is -2.18. The van der Waals surface area contributed by atoms with Crippen molar-refractivity contribution in [3.63, 3.8) is 0 Å². The van der Waals surface area contributed by atoms with Crippen LogP contribution in [0.5, 0.6) is 0 Å². The Morgan fingerprint density at radius 2 is 2.00 bits per heavy atom. The van der Waals surface area contributed by atoms with Gasteiger partial charge >= 0.3 is 0 Å². The molecule has 1 aromatic rings. The fourth-order valence-electron chi connectivity index (χ4n) is 2.85. The number of hydrogen-bond donors (Lipinski definition) is 1. The summed E-state index contributed by atoms with van der Waals surface area (Å²) in [5.74, 6) is 0. The molecule has 1 aromatic carbocycles. The molecule has 13 heavy (non-hydrogen) atoms. The highest BCUT2D eigenvalue weighted by atomic mass is 16.3. The Bertz CT molecular complexity index is 350. The first-order valence-corrected chi connectivity index (χ1v) is 4.78. The smallest absolute Gasteiger partial charge is 0.0755 e. The number of aliphatic hydroxyl groups is 1. The van der Waals surface area contributed by atoms with Gasteiger partial charge in [-0.1, -0.05) is 24.3 Å². The van der Waals surface area contributed by atoms with Crippen molar-refractivity contribution in [3.05, 3.63) is 35.4 Å². The van der Waals surface area contributed by atoms with E-state index >= 15 is 0 Å². The van der Waals surface area contributed by atoms with Crippen molar-refractivity contribution in [1.82, 2.24) is 4.90 Å². The summed E-state index contributed by atoms with van der Waals surface area (Å²) < 4.78 is 0. The molecule has 3 atom stereocenters. The average molecular weight is 175 g/mol. The molecule has 2 heteroatoms. The summed E-state index contributed by atoms with van der Waals surface area (Å²) >= 11 is 0. The van der Waals surface area contributed by atoms with E-state index in [4.69, 9.17) is 0 Å². The van der Waals surface area contributed by atoms with Gasteiger partial charge in [0.25, 0.3) is 0 Å². The third-order valence-electron chi connectivity index (χ3n) is 3.43. The highest BCUT2D eigenvalue weighted by Gasteiger charge is 2.46. The number of hydrogen-bond acceptors (Lipinski definition) is 2. The minimum atomic E-state index is -0.162. The van der Waals surface area contributed by atoms with Gasteiger partial charge in [-0.25, -0.2) is 0 Å². The molecule has 0 amide bonds. The molecule has 0 radical (unpaired) electrons. The van der Waals surface area contributed by atoms with Crippen molar-refractivity contribution in [2.24, 2.45) is 0 Å². The first-order chi connectivity index (χ1) is 6.29. The zero-order valence-corrected chi connectivity index (χ0v) is 7.64. The summed E-state index contributed by atoms with van der Waals surface area (Å²) in [7, 11) is 2.10. The third kappa shape index (κ3) is 0.798. The highest BCUT2D eigenvalue weighted by Crippen LogP contribution is 2.51. The van der Waals surface area contributed by atoms with Crippen LogP contribution < -0.4 is 0 Å². The van der Waals surface area contributed by atoms with Gasteiger partial charge in [0.15, 0.2) is 0 Å². The van der Waals surface area contributed by atoms with Crippen LogP contribution in [0.2, 0.25) is 0 Å². The quantitative estimate of drug-likeness (QED) is 0.645. The molecule has 68 valence electrons. The second-order valence-corrected chi connectivity index (χ2v) is 4.06. The van der Waals surface area contributed by atoms with Crippen molar-refractivity contribution in [2.45, 2.75) is 24.6 Å². The van der Waals surface area contributed by atoms with Crippen LogP contribution in [0.4, 0.5) is 0 Å². The standard InChI is InChI=1S/C11H13NO/c1-12-9-6-10(13)11(12)8-5-3-2-4-7(8)9/h2-5,9-11,13H,6H2,1H3/t9-,10+,11-/m1/s1. The molecule has 2 aliphatic rings. The molecule has 1 saturated heterocycles. The van der Waals surface area contributed by atoms with E-state index in [1.165, 1.54) is 11.1 Å². The largest absolute Gasteiger partial charge is 0.391 e. The Hall–Kier alpha value is -0.860. The van der Waals surface area contributed by atoms with Crippen molar-refractivity contribution < 1.29 is 5.11 Å². The van der Waals surface area contributed by atoms with Crippen molar-refractivity contribution >= 4 is 0 Å². The SMILES string of the molecule is CN1[C@@H]2C[C@H](O)[C@H]1c1ccccc12. The number of benzene rings is 1. The fourth-order valence-corrected chi connectivity index (χ4v) is 2.85. The number of fused-ring (bicyclic) bond motifs is 5. The molecule has 2 nitrogen and oxygen atoms in total. The van der Waals surface area contributed by atoms with Crippen LogP contribution >= 0.6 is 0 Å². The maximum atomic E-state index is 9.79. The van der Waals surface area contributed by atoms with E-state index < -0.39 is 0 Å².